The summed E-state index contributed by atoms with van der Waals surface area (Å²) in [5.41, 5.74) is 2.50. The van der Waals surface area contributed by atoms with Crippen molar-refractivity contribution in [3.8, 4) is 0 Å². The van der Waals surface area contributed by atoms with Crippen molar-refractivity contribution in [2.24, 2.45) is 17.8 Å². The fourth-order valence-corrected chi connectivity index (χ4v) is 6.93. The Morgan fingerprint density at radius 1 is 0.436 bits per heavy atom. The normalized spacial score (nSPS) is 13.2. The van der Waals surface area contributed by atoms with Crippen molar-refractivity contribution in [1.29, 1.82) is 0 Å². The molecule has 3 aromatic heterocycles. The van der Waals surface area contributed by atoms with Gasteiger partial charge in [-0.2, -0.15) is 0 Å². The molecule has 39 heavy (non-hydrogen) atoms. The van der Waals surface area contributed by atoms with Crippen molar-refractivity contribution in [3.63, 3.8) is 0 Å². The van der Waals surface area contributed by atoms with Crippen molar-refractivity contribution in [2.75, 3.05) is 0 Å². The van der Waals surface area contributed by atoms with Gasteiger partial charge in [0.25, 0.3) is 16.7 Å². The number of aromatic nitrogens is 3. The SMILES string of the molecule is CC(C)Cn1c(=O)c2ccc3c4c2c2c5c(ccc21)c(=O)n(CC(C)C)c1ccc(c(=O)n3CC(C)C)c4c51. The van der Waals surface area contributed by atoms with E-state index in [1.165, 1.54) is 0 Å². The van der Waals surface area contributed by atoms with Gasteiger partial charge in [-0.05, 0) is 54.2 Å². The van der Waals surface area contributed by atoms with E-state index in [4.69, 9.17) is 0 Å². The van der Waals surface area contributed by atoms with Crippen molar-refractivity contribution in [2.45, 2.75) is 61.2 Å². The molecule has 7 rings (SSSR count). The molecule has 0 aliphatic rings. The summed E-state index contributed by atoms with van der Waals surface area (Å²) in [6, 6.07) is 11.6. The Morgan fingerprint density at radius 3 is 0.923 bits per heavy atom. The first-order chi connectivity index (χ1) is 18.6. The van der Waals surface area contributed by atoms with Crippen LogP contribution in [0.1, 0.15) is 41.5 Å². The Bertz CT molecular complexity index is 1960. The topological polar surface area (TPSA) is 66.0 Å². The predicted molar refractivity (Wildman–Crippen MR) is 162 cm³/mol. The van der Waals surface area contributed by atoms with Gasteiger partial charge in [0.2, 0.25) is 0 Å². The minimum absolute atomic E-state index is 0.0222. The molecule has 0 unspecified atom stereocenters. The molecule has 4 aromatic carbocycles. The van der Waals surface area contributed by atoms with E-state index in [1.807, 2.05) is 50.1 Å². The molecule has 198 valence electrons. The van der Waals surface area contributed by atoms with Crippen LogP contribution in [0.2, 0.25) is 0 Å². The monoisotopic (exact) mass is 519 g/mol. The molecule has 6 heteroatoms. The van der Waals surface area contributed by atoms with E-state index in [9.17, 15) is 14.4 Å². The van der Waals surface area contributed by atoms with Gasteiger partial charge >= 0.3 is 0 Å². The van der Waals surface area contributed by atoms with Crippen LogP contribution in [0.3, 0.4) is 0 Å². The smallest absolute Gasteiger partial charge is 0.258 e. The molecule has 0 spiro atoms. The first-order valence-electron chi connectivity index (χ1n) is 14.1. The maximum Gasteiger partial charge on any atom is 0.258 e. The zero-order valence-corrected chi connectivity index (χ0v) is 23.4. The summed E-state index contributed by atoms with van der Waals surface area (Å²) in [5, 5.41) is 7.45. The molecule has 0 radical (unpaired) electrons. The maximum atomic E-state index is 14.0. The summed E-state index contributed by atoms with van der Waals surface area (Å²) in [6.45, 7) is 14.4. The van der Waals surface area contributed by atoms with Crippen LogP contribution in [0.5, 0.6) is 0 Å². The molecule has 0 bridgehead atoms. The molecule has 0 aliphatic carbocycles. The molecule has 0 saturated heterocycles. The van der Waals surface area contributed by atoms with Crippen LogP contribution in [0.15, 0.2) is 50.8 Å². The number of rotatable bonds is 6. The third-order valence-electron chi connectivity index (χ3n) is 8.24. The summed E-state index contributed by atoms with van der Waals surface area (Å²) < 4.78 is 5.65. The molecule has 0 fully saturated rings. The maximum absolute atomic E-state index is 14.0. The third kappa shape index (κ3) is 3.06. The molecule has 0 N–H and O–H groups in total. The summed E-state index contributed by atoms with van der Waals surface area (Å²) in [7, 11) is 0. The van der Waals surface area contributed by atoms with E-state index in [-0.39, 0.29) is 34.4 Å². The highest BCUT2D eigenvalue weighted by atomic mass is 16.1. The van der Waals surface area contributed by atoms with E-state index < -0.39 is 0 Å². The first-order valence-corrected chi connectivity index (χ1v) is 14.1. The van der Waals surface area contributed by atoms with E-state index in [0.717, 1.165) is 48.9 Å². The van der Waals surface area contributed by atoms with Gasteiger partial charge in [-0.3, -0.25) is 14.4 Å². The van der Waals surface area contributed by atoms with Gasteiger partial charge in [-0.1, -0.05) is 41.5 Å². The highest BCUT2D eigenvalue weighted by Gasteiger charge is 2.28. The number of hydrogen-bond donors (Lipinski definition) is 0. The summed E-state index contributed by atoms with van der Waals surface area (Å²) >= 11 is 0. The van der Waals surface area contributed by atoms with Gasteiger partial charge in [-0.15, -0.1) is 0 Å². The summed E-state index contributed by atoms with van der Waals surface area (Å²) in [4.78, 5) is 42.1. The van der Waals surface area contributed by atoms with Crippen molar-refractivity contribution in [1.82, 2.24) is 13.7 Å². The molecule has 0 atom stereocenters. The average molecular weight is 520 g/mol. The highest BCUT2D eigenvalue weighted by Crippen LogP contribution is 2.46. The van der Waals surface area contributed by atoms with Crippen LogP contribution in [0.25, 0.3) is 65.0 Å². The van der Waals surface area contributed by atoms with Gasteiger partial charge in [0.1, 0.15) is 0 Å². The van der Waals surface area contributed by atoms with Gasteiger partial charge in [0.15, 0.2) is 0 Å². The highest BCUT2D eigenvalue weighted by molar-refractivity contribution is 6.43. The largest absolute Gasteiger partial charge is 0.307 e. The lowest BCUT2D eigenvalue weighted by molar-refractivity contribution is 0.524. The van der Waals surface area contributed by atoms with Crippen LogP contribution in [-0.4, -0.2) is 13.7 Å². The zero-order chi connectivity index (χ0) is 27.5. The zero-order valence-electron chi connectivity index (χ0n) is 23.4. The van der Waals surface area contributed by atoms with Crippen LogP contribution >= 0.6 is 0 Å². The number of hydrogen-bond acceptors (Lipinski definition) is 3. The molecular formula is C33H33N3O3. The van der Waals surface area contributed by atoms with E-state index in [2.05, 4.69) is 41.5 Å². The lowest BCUT2D eigenvalue weighted by Crippen LogP contribution is -2.27. The van der Waals surface area contributed by atoms with Crippen molar-refractivity contribution in [3.05, 3.63) is 67.5 Å². The van der Waals surface area contributed by atoms with Gasteiger partial charge in [-0.25, -0.2) is 0 Å². The molecule has 3 heterocycles. The Balaban J connectivity index is 1.89. The lowest BCUT2D eigenvalue weighted by Gasteiger charge is -2.25. The summed E-state index contributed by atoms with van der Waals surface area (Å²) in [6.07, 6.45) is 0. The third-order valence-corrected chi connectivity index (χ3v) is 8.24. The van der Waals surface area contributed by atoms with Gasteiger partial charge in [0, 0.05) is 68.1 Å². The number of nitrogens with zero attached hydrogens (tertiary/aromatic N) is 3. The van der Waals surface area contributed by atoms with Crippen molar-refractivity contribution < 1.29 is 0 Å². The predicted octanol–water partition coefficient (Wildman–Crippen LogP) is 6.37. The molecule has 0 aliphatic heterocycles. The second kappa shape index (κ2) is 8.04. The molecular weight excluding hydrogens is 486 g/mol. The Morgan fingerprint density at radius 2 is 0.692 bits per heavy atom. The van der Waals surface area contributed by atoms with Gasteiger partial charge < -0.3 is 13.7 Å². The minimum Gasteiger partial charge on any atom is -0.307 e. The number of benzene rings is 4. The standard InChI is InChI=1S/C33H33N3O3/c1-16(2)13-34-22-10-7-20-26-28(22)25-19(31(34)37)8-11-23-29(25)27-21(33(39)35(23)14-17(3)4)9-12-24(30(26)27)36(32(20)38)15-18(5)6/h7-12,16-18H,13-15H2,1-6H3. The fourth-order valence-electron chi connectivity index (χ4n) is 6.93. The summed E-state index contributed by atoms with van der Waals surface area (Å²) in [5.74, 6) is 0.824. The van der Waals surface area contributed by atoms with E-state index in [1.54, 1.807) is 0 Å². The van der Waals surface area contributed by atoms with E-state index in [0.29, 0.717) is 35.8 Å². The van der Waals surface area contributed by atoms with Crippen LogP contribution in [0, 0.1) is 17.8 Å². The molecule has 7 aromatic rings. The Hall–Kier alpha value is -3.93. The van der Waals surface area contributed by atoms with Crippen molar-refractivity contribution >= 4 is 65.0 Å². The second-order valence-electron chi connectivity index (χ2n) is 12.6. The lowest BCUT2D eigenvalue weighted by atomic mass is 9.86. The fraction of sp³-hybridized carbons (Fsp3) is 0.364. The second-order valence-corrected chi connectivity index (χ2v) is 12.6. The average Bonchev–Trinajstić information content (AvgIpc) is 2.88. The molecule has 0 amide bonds. The molecule has 0 saturated carbocycles. The van der Waals surface area contributed by atoms with Crippen LogP contribution < -0.4 is 16.7 Å². The Labute approximate surface area is 225 Å². The van der Waals surface area contributed by atoms with Crippen LogP contribution in [-0.2, 0) is 19.6 Å². The Kier molecular flexibility index (Phi) is 4.98. The quantitative estimate of drug-likeness (QED) is 0.189. The first kappa shape index (κ1) is 24.1. The molecule has 6 nitrogen and oxygen atoms in total. The minimum atomic E-state index is -0.0222. The van der Waals surface area contributed by atoms with Gasteiger partial charge in [0.05, 0.1) is 16.6 Å². The van der Waals surface area contributed by atoms with Crippen LogP contribution in [0.4, 0.5) is 0 Å². The number of pyridine rings is 3. The van der Waals surface area contributed by atoms with E-state index >= 15 is 0 Å².